The molecule has 1 aromatic carbocycles. The van der Waals surface area contributed by atoms with Crippen molar-refractivity contribution in [3.8, 4) is 11.5 Å². The monoisotopic (exact) mass is 346 g/mol. The van der Waals surface area contributed by atoms with Crippen LogP contribution in [0.2, 0.25) is 0 Å². The lowest BCUT2D eigenvalue weighted by Crippen LogP contribution is -2.44. The van der Waals surface area contributed by atoms with Gasteiger partial charge in [0.2, 0.25) is 11.8 Å². The smallest absolute Gasteiger partial charge is 0.246 e. The first kappa shape index (κ1) is 18.8. The molecule has 1 N–H and O–H groups in total. The first-order valence-corrected chi connectivity index (χ1v) is 8.58. The van der Waals surface area contributed by atoms with Crippen LogP contribution in [0.5, 0.6) is 11.5 Å². The zero-order valence-corrected chi connectivity index (χ0v) is 15.1. The molecule has 6 nitrogen and oxygen atoms in total. The van der Waals surface area contributed by atoms with Crippen LogP contribution in [0.25, 0.3) is 6.08 Å². The van der Waals surface area contributed by atoms with Crippen LogP contribution in [0.4, 0.5) is 0 Å². The largest absolute Gasteiger partial charge is 0.493 e. The molecular formula is C19H26N2O4. The van der Waals surface area contributed by atoms with Crippen molar-refractivity contribution in [3.63, 3.8) is 0 Å². The van der Waals surface area contributed by atoms with Gasteiger partial charge in [-0.15, -0.1) is 0 Å². The highest BCUT2D eigenvalue weighted by Crippen LogP contribution is 2.28. The Morgan fingerprint density at radius 1 is 1.36 bits per heavy atom. The van der Waals surface area contributed by atoms with Gasteiger partial charge in [0.05, 0.1) is 19.6 Å². The number of methoxy groups -OCH3 is 1. The molecule has 1 aliphatic rings. The molecular weight excluding hydrogens is 320 g/mol. The predicted molar refractivity (Wildman–Crippen MR) is 96.6 cm³/mol. The maximum Gasteiger partial charge on any atom is 0.246 e. The summed E-state index contributed by atoms with van der Waals surface area (Å²) in [5.74, 6) is 1.10. The number of piperidine rings is 1. The highest BCUT2D eigenvalue weighted by molar-refractivity contribution is 5.92. The molecule has 2 amide bonds. The molecule has 136 valence electrons. The standard InChI is InChI=1S/C19H26N2O4/c1-4-25-16-9-7-14(12-17(16)24-3)8-10-18(22)21-11-5-6-15(13-21)19(23)20-2/h7-10,12,15H,4-6,11,13H2,1-3H3,(H,20,23)/b10-8-/t15-/m0/s1. The van der Waals surface area contributed by atoms with Gasteiger partial charge < -0.3 is 19.7 Å². The summed E-state index contributed by atoms with van der Waals surface area (Å²) in [6, 6.07) is 5.54. The Bertz CT molecular complexity index is 642. The lowest BCUT2D eigenvalue weighted by atomic mass is 9.97. The first-order valence-electron chi connectivity index (χ1n) is 8.58. The highest BCUT2D eigenvalue weighted by atomic mass is 16.5. The van der Waals surface area contributed by atoms with Crippen molar-refractivity contribution in [2.45, 2.75) is 19.8 Å². The summed E-state index contributed by atoms with van der Waals surface area (Å²) in [7, 11) is 3.21. The van der Waals surface area contributed by atoms with Crippen LogP contribution in [0.15, 0.2) is 24.3 Å². The molecule has 2 rings (SSSR count). The number of rotatable bonds is 6. The first-order chi connectivity index (χ1) is 12.1. The molecule has 1 atom stereocenters. The van der Waals surface area contributed by atoms with E-state index in [0.29, 0.717) is 31.2 Å². The minimum absolute atomic E-state index is 0.00210. The zero-order valence-electron chi connectivity index (χ0n) is 15.1. The minimum Gasteiger partial charge on any atom is -0.493 e. The van der Waals surface area contributed by atoms with Gasteiger partial charge in [-0.05, 0) is 43.5 Å². The van der Waals surface area contributed by atoms with Crippen LogP contribution in [0, 0.1) is 5.92 Å². The molecule has 0 spiro atoms. The van der Waals surface area contributed by atoms with Gasteiger partial charge in [0.1, 0.15) is 0 Å². The SMILES string of the molecule is CCOc1ccc(/C=C\C(=O)N2CCC[C@H](C(=O)NC)C2)cc1OC. The lowest BCUT2D eigenvalue weighted by Gasteiger charge is -2.31. The summed E-state index contributed by atoms with van der Waals surface area (Å²) < 4.78 is 10.8. The van der Waals surface area contributed by atoms with E-state index >= 15 is 0 Å². The maximum absolute atomic E-state index is 12.4. The van der Waals surface area contributed by atoms with E-state index in [4.69, 9.17) is 9.47 Å². The van der Waals surface area contributed by atoms with Crippen molar-refractivity contribution in [2.24, 2.45) is 5.92 Å². The summed E-state index contributed by atoms with van der Waals surface area (Å²) >= 11 is 0. The Labute approximate surface area is 148 Å². The molecule has 0 radical (unpaired) electrons. The molecule has 1 heterocycles. The van der Waals surface area contributed by atoms with E-state index in [2.05, 4.69) is 5.32 Å². The van der Waals surface area contributed by atoms with Crippen LogP contribution in [-0.2, 0) is 9.59 Å². The lowest BCUT2D eigenvalue weighted by molar-refractivity contribution is -0.131. The van der Waals surface area contributed by atoms with E-state index in [0.717, 1.165) is 18.4 Å². The van der Waals surface area contributed by atoms with E-state index in [1.807, 2.05) is 25.1 Å². The second-order valence-corrected chi connectivity index (χ2v) is 5.91. The normalized spacial score (nSPS) is 17.4. The van der Waals surface area contributed by atoms with Crippen molar-refractivity contribution in [1.29, 1.82) is 0 Å². The van der Waals surface area contributed by atoms with Crippen molar-refractivity contribution >= 4 is 17.9 Å². The van der Waals surface area contributed by atoms with Gasteiger partial charge >= 0.3 is 0 Å². The number of carbonyl (C=O) groups excluding carboxylic acids is 2. The predicted octanol–water partition coefficient (Wildman–Crippen LogP) is 2.09. The summed E-state index contributed by atoms with van der Waals surface area (Å²) in [5.41, 5.74) is 0.855. The molecule has 6 heteroatoms. The summed E-state index contributed by atoms with van der Waals surface area (Å²) in [4.78, 5) is 25.9. The average molecular weight is 346 g/mol. The van der Waals surface area contributed by atoms with Gasteiger partial charge in [-0.3, -0.25) is 9.59 Å². The van der Waals surface area contributed by atoms with Gasteiger partial charge in [-0.1, -0.05) is 6.07 Å². The number of hydrogen-bond donors (Lipinski definition) is 1. The fraction of sp³-hybridized carbons (Fsp3) is 0.474. The number of ether oxygens (including phenoxy) is 2. The van der Waals surface area contributed by atoms with E-state index in [1.54, 1.807) is 31.2 Å². The number of carbonyl (C=O) groups is 2. The quantitative estimate of drug-likeness (QED) is 0.801. The molecule has 0 saturated carbocycles. The maximum atomic E-state index is 12.4. The Morgan fingerprint density at radius 2 is 2.16 bits per heavy atom. The van der Waals surface area contributed by atoms with Crippen LogP contribution >= 0.6 is 0 Å². The molecule has 1 aromatic rings. The number of nitrogens with one attached hydrogen (secondary N) is 1. The summed E-state index contributed by atoms with van der Waals surface area (Å²) in [6.45, 7) is 3.63. The average Bonchev–Trinajstić information content (AvgIpc) is 2.66. The third kappa shape index (κ3) is 4.98. The second kappa shape index (κ2) is 9.11. The summed E-state index contributed by atoms with van der Waals surface area (Å²) in [5, 5.41) is 2.66. The van der Waals surface area contributed by atoms with Gasteiger partial charge in [0, 0.05) is 26.2 Å². The number of nitrogens with zero attached hydrogens (tertiary/aromatic N) is 1. The molecule has 25 heavy (non-hydrogen) atoms. The van der Waals surface area contributed by atoms with Crippen LogP contribution in [-0.4, -0.2) is 50.6 Å². The fourth-order valence-electron chi connectivity index (χ4n) is 2.93. The Kier molecular flexibility index (Phi) is 6.86. The Morgan fingerprint density at radius 3 is 2.84 bits per heavy atom. The molecule has 0 unspecified atom stereocenters. The number of amides is 2. The van der Waals surface area contributed by atoms with Gasteiger partial charge in [-0.2, -0.15) is 0 Å². The summed E-state index contributed by atoms with van der Waals surface area (Å²) in [6.07, 6.45) is 4.96. The van der Waals surface area contributed by atoms with Crippen LogP contribution in [0.3, 0.4) is 0 Å². The van der Waals surface area contributed by atoms with Crippen molar-refractivity contribution in [2.75, 3.05) is 33.9 Å². The van der Waals surface area contributed by atoms with E-state index < -0.39 is 0 Å². The van der Waals surface area contributed by atoms with Crippen LogP contribution < -0.4 is 14.8 Å². The fourth-order valence-corrected chi connectivity index (χ4v) is 2.93. The Hall–Kier alpha value is -2.50. The molecule has 1 aliphatic heterocycles. The highest BCUT2D eigenvalue weighted by Gasteiger charge is 2.26. The molecule has 1 saturated heterocycles. The van der Waals surface area contributed by atoms with Crippen LogP contribution in [0.1, 0.15) is 25.3 Å². The number of likely N-dealkylation sites (tertiary alicyclic amines) is 1. The van der Waals surface area contributed by atoms with E-state index in [9.17, 15) is 9.59 Å². The minimum atomic E-state index is -0.123. The van der Waals surface area contributed by atoms with Gasteiger partial charge in [0.15, 0.2) is 11.5 Å². The second-order valence-electron chi connectivity index (χ2n) is 5.91. The molecule has 0 aromatic heterocycles. The third-order valence-corrected chi connectivity index (χ3v) is 4.26. The van der Waals surface area contributed by atoms with Gasteiger partial charge in [0.25, 0.3) is 0 Å². The van der Waals surface area contributed by atoms with Crippen molar-refractivity contribution < 1.29 is 19.1 Å². The molecule has 0 aliphatic carbocycles. The zero-order chi connectivity index (χ0) is 18.2. The van der Waals surface area contributed by atoms with Gasteiger partial charge in [-0.25, -0.2) is 0 Å². The molecule has 0 bridgehead atoms. The third-order valence-electron chi connectivity index (χ3n) is 4.26. The van der Waals surface area contributed by atoms with Crippen molar-refractivity contribution in [1.82, 2.24) is 10.2 Å². The van der Waals surface area contributed by atoms with E-state index in [-0.39, 0.29) is 17.7 Å². The van der Waals surface area contributed by atoms with E-state index in [1.165, 1.54) is 0 Å². The molecule has 1 fully saturated rings. The van der Waals surface area contributed by atoms with Crippen molar-refractivity contribution in [3.05, 3.63) is 29.8 Å². The Balaban J connectivity index is 2.03. The number of hydrogen-bond acceptors (Lipinski definition) is 4. The topological polar surface area (TPSA) is 67.9 Å². The number of benzene rings is 1.